The Morgan fingerprint density at radius 1 is 1.29 bits per heavy atom. The molecule has 1 aromatic rings. The zero-order chi connectivity index (χ0) is 15.8. The van der Waals surface area contributed by atoms with E-state index in [9.17, 15) is 0 Å². The van der Waals surface area contributed by atoms with Crippen LogP contribution in [0.4, 0.5) is 0 Å². The first kappa shape index (κ1) is 18.5. The van der Waals surface area contributed by atoms with Gasteiger partial charge in [-0.05, 0) is 39.9 Å². The molecule has 1 aromatic heterocycles. The fraction of sp³-hybridized carbons (Fsp3) is 0.812. The van der Waals surface area contributed by atoms with Gasteiger partial charge in [-0.3, -0.25) is 4.68 Å². The Hall–Kier alpha value is -0.580. The van der Waals surface area contributed by atoms with Crippen molar-refractivity contribution in [2.45, 2.75) is 52.1 Å². The molecule has 1 N–H and O–H groups in total. The predicted octanol–water partition coefficient (Wildman–Crippen LogP) is 3.58. The summed E-state index contributed by atoms with van der Waals surface area (Å²) < 4.78 is 2.07. The van der Waals surface area contributed by atoms with Crippen LogP contribution in [0.2, 0.25) is 5.02 Å². The monoisotopic (exact) mass is 314 g/mol. The van der Waals surface area contributed by atoms with Crippen molar-refractivity contribution in [3.8, 4) is 0 Å². The second-order valence-electron chi connectivity index (χ2n) is 6.01. The van der Waals surface area contributed by atoms with Gasteiger partial charge >= 0.3 is 0 Å². The van der Waals surface area contributed by atoms with Crippen molar-refractivity contribution in [3.05, 3.63) is 16.9 Å². The molecule has 122 valence electrons. The van der Waals surface area contributed by atoms with Crippen LogP contribution in [-0.4, -0.2) is 42.4 Å². The van der Waals surface area contributed by atoms with Crippen molar-refractivity contribution in [2.24, 2.45) is 5.92 Å². The van der Waals surface area contributed by atoms with Crippen molar-refractivity contribution in [3.63, 3.8) is 0 Å². The van der Waals surface area contributed by atoms with Crippen molar-refractivity contribution in [2.75, 3.05) is 27.7 Å². The van der Waals surface area contributed by atoms with Crippen molar-refractivity contribution < 1.29 is 0 Å². The fourth-order valence-electron chi connectivity index (χ4n) is 2.97. The molecule has 0 fully saturated rings. The molecule has 0 aromatic carbocycles. The molecule has 0 radical (unpaired) electrons. The van der Waals surface area contributed by atoms with E-state index in [1.807, 2.05) is 7.05 Å². The Balaban J connectivity index is 2.99. The first-order valence-corrected chi connectivity index (χ1v) is 8.46. The van der Waals surface area contributed by atoms with Crippen LogP contribution in [0.5, 0.6) is 0 Å². The van der Waals surface area contributed by atoms with Gasteiger partial charge in [-0.1, -0.05) is 38.3 Å². The highest BCUT2D eigenvalue weighted by molar-refractivity contribution is 6.31. The Morgan fingerprint density at radius 3 is 2.38 bits per heavy atom. The lowest BCUT2D eigenvalue weighted by molar-refractivity contribution is 0.305. The van der Waals surface area contributed by atoms with Gasteiger partial charge in [0.1, 0.15) is 0 Å². The number of nitrogens with one attached hydrogen (secondary N) is 1. The van der Waals surface area contributed by atoms with E-state index in [0.717, 1.165) is 23.8 Å². The van der Waals surface area contributed by atoms with Gasteiger partial charge in [0.05, 0.1) is 29.5 Å². The standard InChI is InChI=1S/C16H31ClN4/c1-6-8-13(9-7-2)15(18-3)16-14(17)12-19-21(16)11-10-20(4)5/h12-13,15,18H,6-11H2,1-5H3. The maximum atomic E-state index is 6.44. The summed E-state index contributed by atoms with van der Waals surface area (Å²) in [5, 5.41) is 8.74. The molecule has 1 unspecified atom stereocenters. The van der Waals surface area contributed by atoms with Crippen molar-refractivity contribution in [1.82, 2.24) is 20.0 Å². The maximum Gasteiger partial charge on any atom is 0.0834 e. The number of halogens is 1. The molecular formula is C16H31ClN4. The summed E-state index contributed by atoms with van der Waals surface area (Å²) in [6.07, 6.45) is 6.62. The van der Waals surface area contributed by atoms with Crippen LogP contribution in [0.15, 0.2) is 6.20 Å². The van der Waals surface area contributed by atoms with E-state index in [4.69, 9.17) is 11.6 Å². The number of hydrogen-bond acceptors (Lipinski definition) is 3. The van der Waals surface area contributed by atoms with Gasteiger partial charge in [-0.2, -0.15) is 5.10 Å². The molecule has 0 saturated carbocycles. The van der Waals surface area contributed by atoms with Crippen LogP contribution in [-0.2, 0) is 6.54 Å². The van der Waals surface area contributed by atoms with Crippen LogP contribution in [0.1, 0.15) is 51.3 Å². The lowest BCUT2D eigenvalue weighted by Gasteiger charge is -2.28. The summed E-state index contributed by atoms with van der Waals surface area (Å²) in [5.74, 6) is 0.609. The number of aromatic nitrogens is 2. The maximum absolute atomic E-state index is 6.44. The van der Waals surface area contributed by atoms with Crippen LogP contribution >= 0.6 is 11.6 Å². The van der Waals surface area contributed by atoms with E-state index in [1.54, 1.807) is 6.20 Å². The third kappa shape index (κ3) is 5.28. The van der Waals surface area contributed by atoms with Gasteiger partial charge in [0, 0.05) is 6.54 Å². The molecule has 1 rings (SSSR count). The van der Waals surface area contributed by atoms with E-state index in [2.05, 4.69) is 47.9 Å². The lowest BCUT2D eigenvalue weighted by Crippen LogP contribution is -2.29. The first-order valence-electron chi connectivity index (χ1n) is 8.08. The molecular weight excluding hydrogens is 284 g/mol. The summed E-state index contributed by atoms with van der Waals surface area (Å²) in [5.41, 5.74) is 1.15. The van der Waals surface area contributed by atoms with E-state index >= 15 is 0 Å². The van der Waals surface area contributed by atoms with Gasteiger partial charge in [-0.25, -0.2) is 0 Å². The highest BCUT2D eigenvalue weighted by Gasteiger charge is 2.26. The molecule has 0 aliphatic rings. The highest BCUT2D eigenvalue weighted by Crippen LogP contribution is 2.33. The van der Waals surface area contributed by atoms with Gasteiger partial charge in [0.15, 0.2) is 0 Å². The minimum atomic E-state index is 0.280. The minimum absolute atomic E-state index is 0.280. The summed E-state index contributed by atoms with van der Waals surface area (Å²) in [6.45, 7) is 6.34. The average molecular weight is 315 g/mol. The Bertz CT molecular complexity index is 397. The third-order valence-electron chi connectivity index (χ3n) is 3.99. The van der Waals surface area contributed by atoms with E-state index in [-0.39, 0.29) is 6.04 Å². The number of nitrogens with zero attached hydrogens (tertiary/aromatic N) is 3. The average Bonchev–Trinajstić information content (AvgIpc) is 2.80. The van der Waals surface area contributed by atoms with E-state index < -0.39 is 0 Å². The number of rotatable bonds is 10. The van der Waals surface area contributed by atoms with Crippen LogP contribution in [0.3, 0.4) is 0 Å². The molecule has 0 bridgehead atoms. The summed E-state index contributed by atoms with van der Waals surface area (Å²) >= 11 is 6.44. The molecule has 1 heterocycles. The molecule has 1 atom stereocenters. The molecule has 0 amide bonds. The third-order valence-corrected chi connectivity index (χ3v) is 4.28. The Kier molecular flexibility index (Phi) is 8.30. The summed E-state index contributed by atoms with van der Waals surface area (Å²) in [7, 11) is 6.19. The van der Waals surface area contributed by atoms with Crippen LogP contribution in [0, 0.1) is 5.92 Å². The quantitative estimate of drug-likeness (QED) is 0.716. The smallest absolute Gasteiger partial charge is 0.0834 e. The largest absolute Gasteiger partial charge is 0.311 e. The Labute approximate surface area is 134 Å². The zero-order valence-corrected chi connectivity index (χ0v) is 15.0. The van der Waals surface area contributed by atoms with Gasteiger partial charge in [0.2, 0.25) is 0 Å². The molecule has 0 aliphatic heterocycles. The fourth-order valence-corrected chi connectivity index (χ4v) is 3.23. The van der Waals surface area contributed by atoms with Crippen molar-refractivity contribution >= 4 is 11.6 Å². The number of likely N-dealkylation sites (N-methyl/N-ethyl adjacent to an activating group) is 1. The lowest BCUT2D eigenvalue weighted by atomic mass is 9.88. The molecule has 0 aliphatic carbocycles. The molecule has 0 saturated heterocycles. The van der Waals surface area contributed by atoms with Gasteiger partial charge in [0.25, 0.3) is 0 Å². The van der Waals surface area contributed by atoms with E-state index in [1.165, 1.54) is 25.7 Å². The summed E-state index contributed by atoms with van der Waals surface area (Å²) in [6, 6.07) is 0.280. The SMILES string of the molecule is CCCC(CCC)C(NC)c1c(Cl)cnn1CCN(C)C. The zero-order valence-electron chi connectivity index (χ0n) is 14.2. The molecule has 0 spiro atoms. The first-order chi connectivity index (χ1) is 10.0. The number of hydrogen-bond donors (Lipinski definition) is 1. The highest BCUT2D eigenvalue weighted by atomic mass is 35.5. The molecule has 21 heavy (non-hydrogen) atoms. The normalized spacial score (nSPS) is 13.3. The predicted molar refractivity (Wildman–Crippen MR) is 90.9 cm³/mol. The van der Waals surface area contributed by atoms with Crippen LogP contribution in [0.25, 0.3) is 0 Å². The second kappa shape index (κ2) is 9.44. The minimum Gasteiger partial charge on any atom is -0.311 e. The van der Waals surface area contributed by atoms with Crippen molar-refractivity contribution in [1.29, 1.82) is 0 Å². The summed E-state index contributed by atoms with van der Waals surface area (Å²) in [4.78, 5) is 2.17. The second-order valence-corrected chi connectivity index (χ2v) is 6.42. The van der Waals surface area contributed by atoms with Crippen LogP contribution < -0.4 is 5.32 Å². The van der Waals surface area contributed by atoms with Gasteiger partial charge in [-0.15, -0.1) is 0 Å². The Morgan fingerprint density at radius 2 is 1.90 bits per heavy atom. The van der Waals surface area contributed by atoms with Gasteiger partial charge < -0.3 is 10.2 Å². The van der Waals surface area contributed by atoms with E-state index in [0.29, 0.717) is 5.92 Å². The topological polar surface area (TPSA) is 33.1 Å². The molecule has 5 heteroatoms. The molecule has 4 nitrogen and oxygen atoms in total.